The van der Waals surface area contributed by atoms with Crippen molar-refractivity contribution in [3.8, 4) is 0 Å². The van der Waals surface area contributed by atoms with E-state index in [1.807, 2.05) is 36.4 Å². The van der Waals surface area contributed by atoms with Crippen LogP contribution >= 0.6 is 11.6 Å². The Kier molecular flexibility index (Phi) is 7.68. The van der Waals surface area contributed by atoms with E-state index >= 15 is 0 Å². The molecule has 2 rings (SSSR count). The Labute approximate surface area is 165 Å². The molecule has 2 aromatic carbocycles. The zero-order valence-electron chi connectivity index (χ0n) is 15.3. The summed E-state index contributed by atoms with van der Waals surface area (Å²) < 4.78 is 25.8. The normalized spacial score (nSPS) is 11.3. The lowest BCUT2D eigenvalue weighted by molar-refractivity contribution is -0.137. The van der Waals surface area contributed by atoms with E-state index in [1.54, 1.807) is 12.1 Å². The third kappa shape index (κ3) is 7.23. The third-order valence-corrected chi connectivity index (χ3v) is 5.63. The summed E-state index contributed by atoms with van der Waals surface area (Å²) in [5, 5.41) is 9.37. The zero-order valence-corrected chi connectivity index (χ0v) is 16.8. The molecule has 5 nitrogen and oxygen atoms in total. The number of hydrogen-bond donors (Lipinski definition) is 1. The Bertz CT molecular complexity index is 866. The van der Waals surface area contributed by atoms with Gasteiger partial charge in [-0.3, -0.25) is 9.10 Å². The van der Waals surface area contributed by atoms with E-state index in [2.05, 4.69) is 0 Å². The smallest absolute Gasteiger partial charge is 0.303 e. The number of benzene rings is 2. The summed E-state index contributed by atoms with van der Waals surface area (Å²) in [5.74, 6) is -0.811. The van der Waals surface area contributed by atoms with Crippen LogP contribution in [-0.4, -0.2) is 32.3 Å². The zero-order chi connectivity index (χ0) is 19.9. The van der Waals surface area contributed by atoms with E-state index in [4.69, 9.17) is 16.7 Å². The fourth-order valence-electron chi connectivity index (χ4n) is 2.88. The number of carboxylic acids is 1. The summed E-state index contributed by atoms with van der Waals surface area (Å²) in [6, 6.07) is 14.8. The Morgan fingerprint density at radius 3 is 2.30 bits per heavy atom. The molecule has 0 unspecified atom stereocenters. The van der Waals surface area contributed by atoms with Gasteiger partial charge in [0, 0.05) is 18.0 Å². The van der Waals surface area contributed by atoms with Crippen LogP contribution in [0.5, 0.6) is 0 Å². The van der Waals surface area contributed by atoms with Gasteiger partial charge in [-0.2, -0.15) is 0 Å². The van der Waals surface area contributed by atoms with Gasteiger partial charge in [-0.15, -0.1) is 0 Å². The number of halogens is 1. The minimum absolute atomic E-state index is 0.126. The molecule has 0 saturated carbocycles. The average Bonchev–Trinajstić information content (AvgIpc) is 2.58. The number of aryl methyl sites for hydroxylation is 2. The number of rotatable bonds is 10. The molecule has 0 spiro atoms. The Morgan fingerprint density at radius 2 is 1.70 bits per heavy atom. The molecule has 0 saturated heterocycles. The highest BCUT2D eigenvalue weighted by molar-refractivity contribution is 7.92. The molecule has 7 heteroatoms. The Balaban J connectivity index is 2.00. The fraction of sp³-hybridized carbons (Fsp3) is 0.350. The highest BCUT2D eigenvalue weighted by Gasteiger charge is 2.17. The lowest BCUT2D eigenvalue weighted by Crippen LogP contribution is -2.31. The van der Waals surface area contributed by atoms with Crippen molar-refractivity contribution in [3.05, 3.63) is 64.7 Å². The predicted octanol–water partition coefficient (Wildman–Crippen LogP) is 4.15. The molecule has 0 aliphatic rings. The Hall–Kier alpha value is -2.05. The van der Waals surface area contributed by atoms with Crippen molar-refractivity contribution < 1.29 is 18.3 Å². The monoisotopic (exact) mass is 409 g/mol. The molecule has 0 bridgehead atoms. The molecule has 0 heterocycles. The molecule has 0 aliphatic heterocycles. The number of carboxylic acid groups (broad SMARTS) is 1. The number of aliphatic carboxylic acids is 1. The molecular formula is C20H24ClNO4S. The standard InChI is InChI=1S/C20H24ClNO4S/c1-27(25,26)22(14-4-7-17-6-2-8-18(21)15-17)19-12-10-16(11-13-19)5-3-9-20(23)24/h2,6,8,10-13,15H,3-5,7,9,14H2,1H3,(H,23,24). The van der Waals surface area contributed by atoms with Crippen LogP contribution in [-0.2, 0) is 27.7 Å². The molecule has 0 aromatic heterocycles. The van der Waals surface area contributed by atoms with Gasteiger partial charge in [-0.1, -0.05) is 35.9 Å². The van der Waals surface area contributed by atoms with E-state index in [1.165, 1.54) is 10.6 Å². The second kappa shape index (κ2) is 9.76. The van der Waals surface area contributed by atoms with E-state index in [-0.39, 0.29) is 6.42 Å². The lowest BCUT2D eigenvalue weighted by Gasteiger charge is -2.22. The van der Waals surface area contributed by atoms with Crippen LogP contribution in [0.25, 0.3) is 0 Å². The number of carbonyl (C=O) groups is 1. The second-order valence-corrected chi connectivity index (χ2v) is 8.83. The van der Waals surface area contributed by atoms with Crippen molar-refractivity contribution in [2.75, 3.05) is 17.1 Å². The van der Waals surface area contributed by atoms with Gasteiger partial charge < -0.3 is 5.11 Å². The summed E-state index contributed by atoms with van der Waals surface area (Å²) in [7, 11) is -3.39. The van der Waals surface area contributed by atoms with E-state index in [0.717, 1.165) is 17.5 Å². The van der Waals surface area contributed by atoms with Crippen molar-refractivity contribution >= 4 is 33.3 Å². The molecule has 27 heavy (non-hydrogen) atoms. The quantitative estimate of drug-likeness (QED) is 0.639. The van der Waals surface area contributed by atoms with Crippen LogP contribution in [0, 0.1) is 0 Å². The second-order valence-electron chi connectivity index (χ2n) is 6.48. The topological polar surface area (TPSA) is 74.7 Å². The third-order valence-electron chi connectivity index (χ3n) is 4.20. The van der Waals surface area contributed by atoms with E-state index < -0.39 is 16.0 Å². The van der Waals surface area contributed by atoms with Crippen LogP contribution < -0.4 is 4.31 Å². The van der Waals surface area contributed by atoms with Gasteiger partial charge in [0.2, 0.25) is 10.0 Å². The first kappa shape index (κ1) is 21.3. The summed E-state index contributed by atoms with van der Waals surface area (Å²) >= 11 is 5.98. The fourth-order valence-corrected chi connectivity index (χ4v) is 4.06. The van der Waals surface area contributed by atoms with Gasteiger partial charge >= 0.3 is 5.97 Å². The molecule has 0 aliphatic carbocycles. The minimum atomic E-state index is -3.39. The number of sulfonamides is 1. The van der Waals surface area contributed by atoms with Gasteiger partial charge in [0.25, 0.3) is 0 Å². The number of hydrogen-bond acceptors (Lipinski definition) is 3. The molecule has 146 valence electrons. The van der Waals surface area contributed by atoms with Crippen molar-refractivity contribution in [2.45, 2.75) is 32.1 Å². The predicted molar refractivity (Wildman–Crippen MR) is 109 cm³/mol. The van der Waals surface area contributed by atoms with Gasteiger partial charge in [-0.05, 0) is 61.1 Å². The maximum atomic E-state index is 12.2. The summed E-state index contributed by atoms with van der Waals surface area (Å²) in [4.78, 5) is 10.6. The molecule has 1 N–H and O–H groups in total. The van der Waals surface area contributed by atoms with Crippen LogP contribution in [0.3, 0.4) is 0 Å². The number of anilines is 1. The number of nitrogens with zero attached hydrogens (tertiary/aromatic N) is 1. The van der Waals surface area contributed by atoms with Gasteiger partial charge in [0.15, 0.2) is 0 Å². The van der Waals surface area contributed by atoms with Gasteiger partial charge in [0.1, 0.15) is 0 Å². The Morgan fingerprint density at radius 1 is 1.04 bits per heavy atom. The first-order valence-corrected chi connectivity index (χ1v) is 11.0. The lowest BCUT2D eigenvalue weighted by atomic mass is 10.1. The van der Waals surface area contributed by atoms with Crippen molar-refractivity contribution in [1.29, 1.82) is 0 Å². The van der Waals surface area contributed by atoms with Crippen LogP contribution in [0.15, 0.2) is 48.5 Å². The summed E-state index contributed by atoms with van der Waals surface area (Å²) in [6.07, 6.45) is 3.95. The van der Waals surface area contributed by atoms with E-state index in [9.17, 15) is 13.2 Å². The minimum Gasteiger partial charge on any atom is -0.481 e. The van der Waals surface area contributed by atoms with Crippen LogP contribution in [0.1, 0.15) is 30.4 Å². The largest absolute Gasteiger partial charge is 0.481 e. The van der Waals surface area contributed by atoms with Gasteiger partial charge in [-0.25, -0.2) is 8.42 Å². The summed E-state index contributed by atoms with van der Waals surface area (Å²) in [5.41, 5.74) is 2.68. The van der Waals surface area contributed by atoms with Gasteiger partial charge in [0.05, 0.1) is 11.9 Å². The van der Waals surface area contributed by atoms with Crippen molar-refractivity contribution in [2.24, 2.45) is 0 Å². The first-order chi connectivity index (χ1) is 12.8. The molecule has 0 amide bonds. The average molecular weight is 410 g/mol. The van der Waals surface area contributed by atoms with Crippen LogP contribution in [0.2, 0.25) is 5.02 Å². The molecule has 2 aromatic rings. The SMILES string of the molecule is CS(=O)(=O)N(CCCc1cccc(Cl)c1)c1ccc(CCCC(=O)O)cc1. The molecule has 0 fully saturated rings. The molecular weight excluding hydrogens is 386 g/mol. The summed E-state index contributed by atoms with van der Waals surface area (Å²) in [6.45, 7) is 0.379. The van der Waals surface area contributed by atoms with Crippen LogP contribution in [0.4, 0.5) is 5.69 Å². The van der Waals surface area contributed by atoms with E-state index in [0.29, 0.717) is 36.5 Å². The van der Waals surface area contributed by atoms with Crippen molar-refractivity contribution in [3.63, 3.8) is 0 Å². The highest BCUT2D eigenvalue weighted by atomic mass is 35.5. The first-order valence-electron chi connectivity index (χ1n) is 8.78. The maximum absolute atomic E-state index is 12.2. The molecule has 0 radical (unpaired) electrons. The maximum Gasteiger partial charge on any atom is 0.303 e. The highest BCUT2D eigenvalue weighted by Crippen LogP contribution is 2.20. The molecule has 0 atom stereocenters. The van der Waals surface area contributed by atoms with Crippen molar-refractivity contribution in [1.82, 2.24) is 0 Å².